The molecule has 0 aliphatic rings. The molecule has 3 nitrogen and oxygen atoms in total. The summed E-state index contributed by atoms with van der Waals surface area (Å²) in [5.41, 5.74) is 10.8. The van der Waals surface area contributed by atoms with Crippen LogP contribution in [0.4, 0.5) is 17.1 Å². The molecule has 0 amide bonds. The van der Waals surface area contributed by atoms with Gasteiger partial charge in [0.1, 0.15) is 5.75 Å². The highest BCUT2D eigenvalue weighted by atomic mass is 16.5. The maximum atomic E-state index is 5.84. The lowest BCUT2D eigenvalue weighted by Crippen LogP contribution is -1.97. The van der Waals surface area contributed by atoms with Crippen LogP contribution in [0.25, 0.3) is 0 Å². The first-order valence-corrected chi connectivity index (χ1v) is 5.87. The summed E-state index contributed by atoms with van der Waals surface area (Å²) >= 11 is 0. The van der Waals surface area contributed by atoms with Crippen LogP contribution in [0.1, 0.15) is 11.1 Å². The summed E-state index contributed by atoms with van der Waals surface area (Å²) in [4.78, 5) is 0. The van der Waals surface area contributed by atoms with Crippen LogP contribution in [0, 0.1) is 13.8 Å². The Labute approximate surface area is 108 Å². The molecule has 0 unspecified atom stereocenters. The van der Waals surface area contributed by atoms with Crippen LogP contribution in [0.3, 0.4) is 0 Å². The van der Waals surface area contributed by atoms with Crippen LogP contribution >= 0.6 is 0 Å². The van der Waals surface area contributed by atoms with E-state index < -0.39 is 0 Å². The van der Waals surface area contributed by atoms with Crippen molar-refractivity contribution in [2.24, 2.45) is 0 Å². The molecule has 0 aliphatic heterocycles. The molecule has 0 aliphatic carbocycles. The lowest BCUT2D eigenvalue weighted by atomic mass is 10.1. The van der Waals surface area contributed by atoms with Crippen LogP contribution in [0.2, 0.25) is 0 Å². The highest BCUT2D eigenvalue weighted by Crippen LogP contribution is 2.29. The Morgan fingerprint density at radius 2 is 1.78 bits per heavy atom. The average Bonchev–Trinajstić information content (AvgIpc) is 2.27. The standard InChI is InChI=1S/C15H18N2O/c1-10-4-5-15(18-3)14(8-10)17-13-7-11(2)6-12(16)9-13/h4-9,17H,16H2,1-3H3. The van der Waals surface area contributed by atoms with Crippen molar-refractivity contribution in [3.05, 3.63) is 47.5 Å². The SMILES string of the molecule is COc1ccc(C)cc1Nc1cc(C)cc(N)c1. The monoisotopic (exact) mass is 242 g/mol. The van der Waals surface area contributed by atoms with Crippen LogP contribution in [0.15, 0.2) is 36.4 Å². The van der Waals surface area contributed by atoms with Gasteiger partial charge in [0.05, 0.1) is 12.8 Å². The summed E-state index contributed by atoms with van der Waals surface area (Å²) in [5.74, 6) is 0.820. The highest BCUT2D eigenvalue weighted by Gasteiger charge is 2.04. The number of anilines is 3. The molecular weight excluding hydrogens is 224 g/mol. The van der Waals surface area contributed by atoms with E-state index in [1.165, 1.54) is 5.56 Å². The van der Waals surface area contributed by atoms with Crippen molar-refractivity contribution < 1.29 is 4.74 Å². The first-order valence-electron chi connectivity index (χ1n) is 5.87. The average molecular weight is 242 g/mol. The molecule has 94 valence electrons. The maximum absolute atomic E-state index is 5.84. The van der Waals surface area contributed by atoms with Crippen LogP contribution in [-0.2, 0) is 0 Å². The molecule has 0 heterocycles. The Hall–Kier alpha value is -2.16. The molecule has 0 bridgehead atoms. The molecule has 0 radical (unpaired) electrons. The van der Waals surface area contributed by atoms with Gasteiger partial charge in [-0.05, 0) is 55.3 Å². The van der Waals surface area contributed by atoms with Gasteiger partial charge in [0.2, 0.25) is 0 Å². The van der Waals surface area contributed by atoms with Gasteiger partial charge in [-0.2, -0.15) is 0 Å². The smallest absolute Gasteiger partial charge is 0.142 e. The van der Waals surface area contributed by atoms with Crippen LogP contribution < -0.4 is 15.8 Å². The van der Waals surface area contributed by atoms with Gasteiger partial charge in [0, 0.05) is 11.4 Å². The van der Waals surface area contributed by atoms with E-state index in [0.717, 1.165) is 28.4 Å². The predicted molar refractivity (Wildman–Crippen MR) is 76.6 cm³/mol. The zero-order valence-electron chi connectivity index (χ0n) is 10.9. The number of methoxy groups -OCH3 is 1. The van der Waals surface area contributed by atoms with E-state index in [0.29, 0.717) is 0 Å². The second-order valence-electron chi connectivity index (χ2n) is 4.46. The summed E-state index contributed by atoms with van der Waals surface area (Å²) in [7, 11) is 1.67. The summed E-state index contributed by atoms with van der Waals surface area (Å²) in [6, 6.07) is 11.9. The van der Waals surface area contributed by atoms with Crippen molar-refractivity contribution in [3.63, 3.8) is 0 Å². The molecule has 0 spiro atoms. The van der Waals surface area contributed by atoms with E-state index in [2.05, 4.69) is 24.4 Å². The summed E-state index contributed by atoms with van der Waals surface area (Å²) in [6.45, 7) is 4.07. The number of hydrogen-bond acceptors (Lipinski definition) is 3. The van der Waals surface area contributed by atoms with E-state index >= 15 is 0 Å². The number of aryl methyl sites for hydroxylation is 2. The molecule has 2 aromatic rings. The zero-order chi connectivity index (χ0) is 13.1. The van der Waals surface area contributed by atoms with Gasteiger partial charge in [-0.3, -0.25) is 0 Å². The number of nitrogen functional groups attached to an aromatic ring is 1. The summed E-state index contributed by atoms with van der Waals surface area (Å²) in [6.07, 6.45) is 0. The first-order chi connectivity index (χ1) is 8.58. The molecular formula is C15H18N2O. The highest BCUT2D eigenvalue weighted by molar-refractivity contribution is 5.69. The summed E-state index contributed by atoms with van der Waals surface area (Å²) < 4.78 is 5.34. The zero-order valence-corrected chi connectivity index (χ0v) is 10.9. The minimum Gasteiger partial charge on any atom is -0.495 e. The van der Waals surface area contributed by atoms with Gasteiger partial charge < -0.3 is 15.8 Å². The van der Waals surface area contributed by atoms with Crippen molar-refractivity contribution in [2.75, 3.05) is 18.2 Å². The van der Waals surface area contributed by atoms with Crippen molar-refractivity contribution in [1.82, 2.24) is 0 Å². The third-order valence-corrected chi connectivity index (χ3v) is 2.73. The van der Waals surface area contributed by atoms with E-state index in [1.807, 2.05) is 31.2 Å². The molecule has 18 heavy (non-hydrogen) atoms. The van der Waals surface area contributed by atoms with Crippen LogP contribution in [0.5, 0.6) is 5.75 Å². The lowest BCUT2D eigenvalue weighted by molar-refractivity contribution is 0.416. The number of nitrogens with two attached hydrogens (primary N) is 1. The first kappa shape index (κ1) is 12.3. The van der Waals surface area contributed by atoms with Gasteiger partial charge in [-0.25, -0.2) is 0 Å². The number of ether oxygens (including phenoxy) is 1. The Kier molecular flexibility index (Phi) is 3.42. The quantitative estimate of drug-likeness (QED) is 0.808. The summed E-state index contributed by atoms with van der Waals surface area (Å²) in [5, 5.41) is 3.34. The van der Waals surface area contributed by atoms with E-state index in [9.17, 15) is 0 Å². The molecule has 2 rings (SSSR count). The van der Waals surface area contributed by atoms with Gasteiger partial charge in [0.15, 0.2) is 0 Å². The second kappa shape index (κ2) is 5.00. The molecule has 0 saturated heterocycles. The Balaban J connectivity index is 2.35. The molecule has 2 aromatic carbocycles. The molecule has 0 atom stereocenters. The van der Waals surface area contributed by atoms with Crippen molar-refractivity contribution in [1.29, 1.82) is 0 Å². The molecule has 0 aromatic heterocycles. The lowest BCUT2D eigenvalue weighted by Gasteiger charge is -2.13. The van der Waals surface area contributed by atoms with E-state index in [4.69, 9.17) is 10.5 Å². The number of rotatable bonds is 3. The number of hydrogen-bond donors (Lipinski definition) is 2. The fourth-order valence-electron chi connectivity index (χ4n) is 1.96. The van der Waals surface area contributed by atoms with Crippen molar-refractivity contribution in [3.8, 4) is 5.75 Å². The van der Waals surface area contributed by atoms with Crippen molar-refractivity contribution >= 4 is 17.1 Å². The minimum absolute atomic E-state index is 0.754. The Bertz CT molecular complexity index is 544. The van der Waals surface area contributed by atoms with Gasteiger partial charge in [-0.15, -0.1) is 0 Å². The maximum Gasteiger partial charge on any atom is 0.142 e. The van der Waals surface area contributed by atoms with Gasteiger partial charge in [-0.1, -0.05) is 6.07 Å². The van der Waals surface area contributed by atoms with Gasteiger partial charge >= 0.3 is 0 Å². The molecule has 0 saturated carbocycles. The topological polar surface area (TPSA) is 47.3 Å². The number of nitrogens with one attached hydrogen (secondary N) is 1. The normalized spacial score (nSPS) is 10.2. The third kappa shape index (κ3) is 2.74. The molecule has 3 N–H and O–H groups in total. The van der Waals surface area contributed by atoms with E-state index in [-0.39, 0.29) is 0 Å². The second-order valence-corrected chi connectivity index (χ2v) is 4.46. The number of benzene rings is 2. The molecule has 3 heteroatoms. The van der Waals surface area contributed by atoms with Gasteiger partial charge in [0.25, 0.3) is 0 Å². The predicted octanol–water partition coefficient (Wildman–Crippen LogP) is 3.64. The fourth-order valence-corrected chi connectivity index (χ4v) is 1.96. The van der Waals surface area contributed by atoms with Crippen molar-refractivity contribution in [2.45, 2.75) is 13.8 Å². The third-order valence-electron chi connectivity index (χ3n) is 2.73. The fraction of sp³-hybridized carbons (Fsp3) is 0.200. The van der Waals surface area contributed by atoms with E-state index in [1.54, 1.807) is 7.11 Å². The van der Waals surface area contributed by atoms with Crippen LogP contribution in [-0.4, -0.2) is 7.11 Å². The minimum atomic E-state index is 0.754. The Morgan fingerprint density at radius 3 is 2.44 bits per heavy atom. The largest absolute Gasteiger partial charge is 0.495 e. The molecule has 0 fully saturated rings. The Morgan fingerprint density at radius 1 is 1.00 bits per heavy atom.